The molecule has 0 aromatic rings. The quantitative estimate of drug-likeness (QED) is 0.776. The fourth-order valence-corrected chi connectivity index (χ4v) is 4.91. The van der Waals surface area contributed by atoms with E-state index in [-0.39, 0.29) is 0 Å². The van der Waals surface area contributed by atoms with E-state index in [0.29, 0.717) is 11.1 Å². The van der Waals surface area contributed by atoms with E-state index in [1.165, 1.54) is 52.0 Å². The molecule has 3 rings (SSSR count). The molecule has 0 N–H and O–H groups in total. The molecule has 0 aromatic heterocycles. The van der Waals surface area contributed by atoms with Crippen molar-refractivity contribution in [2.24, 2.45) is 5.92 Å². The van der Waals surface area contributed by atoms with Crippen molar-refractivity contribution in [2.75, 3.05) is 32.7 Å². The number of fused-ring (bicyclic) bond motifs is 2. The number of nitrogens with zero attached hydrogens (tertiary/aromatic N) is 3. The van der Waals surface area contributed by atoms with E-state index in [9.17, 15) is 0 Å². The third-order valence-corrected chi connectivity index (χ3v) is 6.27. The molecule has 3 nitrogen and oxygen atoms in total. The minimum absolute atomic E-state index is 0.351. The summed E-state index contributed by atoms with van der Waals surface area (Å²) < 4.78 is 0. The molecular formula is C19H37N3. The first-order valence-corrected chi connectivity index (χ1v) is 9.40. The molecule has 3 aliphatic heterocycles. The van der Waals surface area contributed by atoms with Crippen LogP contribution in [0.15, 0.2) is 0 Å². The second-order valence-electron chi connectivity index (χ2n) is 9.92. The van der Waals surface area contributed by atoms with Gasteiger partial charge >= 0.3 is 0 Å². The van der Waals surface area contributed by atoms with E-state index in [1.54, 1.807) is 0 Å². The van der Waals surface area contributed by atoms with Crippen LogP contribution in [0.5, 0.6) is 0 Å². The lowest BCUT2D eigenvalue weighted by Crippen LogP contribution is -2.54. The number of piperazine rings is 1. The van der Waals surface area contributed by atoms with Crippen LogP contribution >= 0.6 is 0 Å². The average molecular weight is 308 g/mol. The van der Waals surface area contributed by atoms with Gasteiger partial charge in [0.15, 0.2) is 0 Å². The molecule has 22 heavy (non-hydrogen) atoms. The summed E-state index contributed by atoms with van der Waals surface area (Å²) in [7, 11) is 0. The fourth-order valence-electron chi connectivity index (χ4n) is 4.91. The standard InChI is InChI=1S/C19H37N3/c1-18(2,3)21-9-7-15(8-10-21)12-20-13-17-11-16(20)14-22(17)19(4,5)6/h15-17H,7-14H2,1-6H3. The van der Waals surface area contributed by atoms with Gasteiger partial charge in [-0.3, -0.25) is 14.7 Å². The van der Waals surface area contributed by atoms with E-state index in [1.807, 2.05) is 0 Å². The first-order chi connectivity index (χ1) is 10.1. The van der Waals surface area contributed by atoms with Gasteiger partial charge in [-0.05, 0) is 79.8 Å². The van der Waals surface area contributed by atoms with Gasteiger partial charge in [-0.2, -0.15) is 0 Å². The number of likely N-dealkylation sites (tertiary alicyclic amines) is 3. The molecule has 0 aromatic carbocycles. The van der Waals surface area contributed by atoms with E-state index in [4.69, 9.17) is 0 Å². The predicted molar refractivity (Wildman–Crippen MR) is 94.3 cm³/mol. The second kappa shape index (κ2) is 5.75. The fraction of sp³-hybridized carbons (Fsp3) is 1.00. The van der Waals surface area contributed by atoms with Gasteiger partial charge in [0.25, 0.3) is 0 Å². The van der Waals surface area contributed by atoms with Crippen molar-refractivity contribution in [2.45, 2.75) is 84.0 Å². The van der Waals surface area contributed by atoms with Crippen molar-refractivity contribution < 1.29 is 0 Å². The normalized spacial score (nSPS) is 33.0. The maximum absolute atomic E-state index is 2.82. The molecule has 0 aliphatic carbocycles. The predicted octanol–water partition coefficient (Wildman–Crippen LogP) is 3.05. The molecule has 3 fully saturated rings. The molecule has 3 heteroatoms. The highest BCUT2D eigenvalue weighted by Gasteiger charge is 2.47. The summed E-state index contributed by atoms with van der Waals surface area (Å²) in [6.45, 7) is 20.8. The minimum atomic E-state index is 0.351. The minimum Gasteiger partial charge on any atom is -0.298 e. The Morgan fingerprint density at radius 3 is 1.91 bits per heavy atom. The van der Waals surface area contributed by atoms with Crippen LogP contribution in [0.25, 0.3) is 0 Å². The maximum atomic E-state index is 2.82. The molecule has 0 saturated carbocycles. The van der Waals surface area contributed by atoms with Crippen LogP contribution in [0.4, 0.5) is 0 Å². The van der Waals surface area contributed by atoms with E-state index < -0.39 is 0 Å². The number of piperidine rings is 1. The summed E-state index contributed by atoms with van der Waals surface area (Å²) in [5, 5.41) is 0. The zero-order valence-electron chi connectivity index (χ0n) is 15.7. The van der Waals surface area contributed by atoms with Gasteiger partial charge in [-0.15, -0.1) is 0 Å². The van der Waals surface area contributed by atoms with Crippen LogP contribution in [0.2, 0.25) is 0 Å². The molecule has 0 radical (unpaired) electrons. The Labute approximate surface area is 138 Å². The van der Waals surface area contributed by atoms with Crippen LogP contribution in [0, 0.1) is 5.92 Å². The van der Waals surface area contributed by atoms with Gasteiger partial charge in [0, 0.05) is 42.8 Å². The zero-order valence-corrected chi connectivity index (χ0v) is 15.7. The van der Waals surface area contributed by atoms with Gasteiger partial charge in [-0.25, -0.2) is 0 Å². The highest BCUT2D eigenvalue weighted by molar-refractivity contribution is 5.03. The van der Waals surface area contributed by atoms with Crippen molar-refractivity contribution in [3.63, 3.8) is 0 Å². The molecule has 3 aliphatic rings. The Balaban J connectivity index is 1.47. The lowest BCUT2D eigenvalue weighted by molar-refractivity contribution is 0.0354. The topological polar surface area (TPSA) is 9.72 Å². The SMILES string of the molecule is CC(C)(C)N1CCC(CN2CC3CC2CN3C(C)(C)C)CC1. The molecule has 3 heterocycles. The molecule has 128 valence electrons. The Hall–Kier alpha value is -0.120. The molecule has 0 spiro atoms. The molecule has 2 bridgehead atoms. The second-order valence-corrected chi connectivity index (χ2v) is 9.92. The van der Waals surface area contributed by atoms with Crippen molar-refractivity contribution in [1.82, 2.24) is 14.7 Å². The Morgan fingerprint density at radius 1 is 0.818 bits per heavy atom. The Morgan fingerprint density at radius 2 is 1.45 bits per heavy atom. The largest absolute Gasteiger partial charge is 0.298 e. The number of hydrogen-bond donors (Lipinski definition) is 0. The highest BCUT2D eigenvalue weighted by atomic mass is 15.4. The maximum Gasteiger partial charge on any atom is 0.0244 e. The van der Waals surface area contributed by atoms with E-state index in [2.05, 4.69) is 56.2 Å². The zero-order chi connectivity index (χ0) is 16.1. The van der Waals surface area contributed by atoms with Gasteiger partial charge < -0.3 is 0 Å². The van der Waals surface area contributed by atoms with Crippen LogP contribution in [-0.2, 0) is 0 Å². The molecule has 3 saturated heterocycles. The Kier molecular flexibility index (Phi) is 4.37. The van der Waals surface area contributed by atoms with Crippen molar-refractivity contribution >= 4 is 0 Å². The van der Waals surface area contributed by atoms with Crippen molar-refractivity contribution in [1.29, 1.82) is 0 Å². The smallest absolute Gasteiger partial charge is 0.0244 e. The summed E-state index contributed by atoms with van der Waals surface area (Å²) in [5.41, 5.74) is 0.703. The van der Waals surface area contributed by atoms with Gasteiger partial charge in [-0.1, -0.05) is 0 Å². The van der Waals surface area contributed by atoms with Gasteiger partial charge in [0.1, 0.15) is 0 Å². The van der Waals surface area contributed by atoms with Crippen LogP contribution in [0.1, 0.15) is 60.8 Å². The Bertz CT molecular complexity index is 384. The van der Waals surface area contributed by atoms with Crippen LogP contribution in [-0.4, -0.2) is 70.6 Å². The average Bonchev–Trinajstić information content (AvgIpc) is 2.97. The number of hydrogen-bond acceptors (Lipinski definition) is 3. The molecule has 2 unspecified atom stereocenters. The monoisotopic (exact) mass is 307 g/mol. The number of rotatable bonds is 2. The summed E-state index contributed by atoms with van der Waals surface area (Å²) in [4.78, 5) is 8.24. The lowest BCUT2D eigenvalue weighted by Gasteiger charge is -2.44. The van der Waals surface area contributed by atoms with Crippen LogP contribution in [0.3, 0.4) is 0 Å². The summed E-state index contributed by atoms with van der Waals surface area (Å²) in [5.74, 6) is 0.932. The highest BCUT2D eigenvalue weighted by Crippen LogP contribution is 2.36. The van der Waals surface area contributed by atoms with Crippen molar-refractivity contribution in [3.05, 3.63) is 0 Å². The van der Waals surface area contributed by atoms with Gasteiger partial charge in [0.05, 0.1) is 0 Å². The van der Waals surface area contributed by atoms with E-state index >= 15 is 0 Å². The summed E-state index contributed by atoms with van der Waals surface area (Å²) in [6, 6.07) is 1.66. The van der Waals surface area contributed by atoms with Crippen molar-refractivity contribution in [3.8, 4) is 0 Å². The van der Waals surface area contributed by atoms with Gasteiger partial charge in [0.2, 0.25) is 0 Å². The molecule has 0 amide bonds. The van der Waals surface area contributed by atoms with E-state index in [0.717, 1.165) is 18.0 Å². The molecular weight excluding hydrogens is 270 g/mol. The third kappa shape index (κ3) is 3.37. The lowest BCUT2D eigenvalue weighted by atomic mass is 9.92. The first-order valence-electron chi connectivity index (χ1n) is 9.40. The first kappa shape index (κ1) is 16.7. The summed E-state index contributed by atoms with van der Waals surface area (Å²) >= 11 is 0. The summed E-state index contributed by atoms with van der Waals surface area (Å²) in [6.07, 6.45) is 4.21. The molecule has 2 atom stereocenters. The third-order valence-electron chi connectivity index (χ3n) is 6.27. The van der Waals surface area contributed by atoms with Crippen LogP contribution < -0.4 is 0 Å².